The normalized spacial score (nSPS) is 10.1. The molecule has 0 spiro atoms. The lowest BCUT2D eigenvalue weighted by molar-refractivity contribution is 0.0698. The smallest absolute Gasteiger partial charge is 0.337 e. The van der Waals surface area contributed by atoms with E-state index in [4.69, 9.17) is 5.11 Å². The van der Waals surface area contributed by atoms with Crippen LogP contribution in [0.25, 0.3) is 0 Å². The number of nitrogens with one attached hydrogen (secondary N) is 3. The number of carboxylic acid groups (broad SMARTS) is 1. The van der Waals surface area contributed by atoms with Crippen molar-refractivity contribution >= 4 is 33.6 Å². The van der Waals surface area contributed by atoms with Crippen LogP contribution in [-0.2, 0) is 6.54 Å². The van der Waals surface area contributed by atoms with Crippen molar-refractivity contribution in [1.29, 1.82) is 0 Å². The molecule has 1 aromatic carbocycles. The Labute approximate surface area is 122 Å². The van der Waals surface area contributed by atoms with Gasteiger partial charge in [-0.15, -0.1) is 0 Å². The van der Waals surface area contributed by atoms with Crippen LogP contribution in [0.3, 0.4) is 0 Å². The number of rotatable bonds is 4. The van der Waals surface area contributed by atoms with Gasteiger partial charge in [0.15, 0.2) is 0 Å². The zero-order chi connectivity index (χ0) is 14.5. The van der Waals surface area contributed by atoms with E-state index >= 15 is 0 Å². The molecular formula is C12H11BrN4O3. The summed E-state index contributed by atoms with van der Waals surface area (Å²) in [7, 11) is 0. The molecule has 2 aromatic rings. The molecule has 0 saturated carbocycles. The van der Waals surface area contributed by atoms with E-state index in [0.29, 0.717) is 4.47 Å². The molecule has 0 aliphatic carbocycles. The van der Waals surface area contributed by atoms with Crippen LogP contribution in [0.1, 0.15) is 16.1 Å². The lowest BCUT2D eigenvalue weighted by atomic mass is 10.2. The number of amides is 2. The zero-order valence-corrected chi connectivity index (χ0v) is 11.8. The maximum Gasteiger partial charge on any atom is 0.337 e. The summed E-state index contributed by atoms with van der Waals surface area (Å²) in [6.07, 6.45) is 3.09. The quantitative estimate of drug-likeness (QED) is 0.685. The van der Waals surface area contributed by atoms with E-state index in [1.165, 1.54) is 18.5 Å². The van der Waals surface area contributed by atoms with Crippen LogP contribution in [0.4, 0.5) is 10.5 Å². The molecule has 2 rings (SSSR count). The summed E-state index contributed by atoms with van der Waals surface area (Å²) in [5.41, 5.74) is 0.978. The van der Waals surface area contributed by atoms with E-state index in [-0.39, 0.29) is 17.8 Å². The van der Waals surface area contributed by atoms with Crippen molar-refractivity contribution in [3.63, 3.8) is 0 Å². The van der Waals surface area contributed by atoms with Gasteiger partial charge in [-0.2, -0.15) is 0 Å². The number of imidazole rings is 1. The fourth-order valence-corrected chi connectivity index (χ4v) is 1.89. The maximum atomic E-state index is 11.7. The summed E-state index contributed by atoms with van der Waals surface area (Å²) < 4.78 is 0.673. The molecule has 4 N–H and O–H groups in total. The Bertz CT molecular complexity index is 628. The van der Waals surface area contributed by atoms with Gasteiger partial charge < -0.3 is 20.7 Å². The minimum Gasteiger partial charge on any atom is -0.478 e. The molecule has 104 valence electrons. The number of halogens is 1. The van der Waals surface area contributed by atoms with E-state index in [1.54, 1.807) is 12.3 Å². The number of aromatic carboxylic acids is 1. The van der Waals surface area contributed by atoms with Gasteiger partial charge in [-0.05, 0) is 18.2 Å². The number of H-pyrrole nitrogens is 1. The minimum atomic E-state index is -1.11. The molecule has 0 radical (unpaired) electrons. The third-order valence-electron chi connectivity index (χ3n) is 2.45. The Balaban J connectivity index is 2.03. The predicted octanol–water partition coefficient (Wildman–Crippen LogP) is 2.19. The van der Waals surface area contributed by atoms with Crippen LogP contribution < -0.4 is 10.6 Å². The lowest BCUT2D eigenvalue weighted by Crippen LogP contribution is -2.29. The van der Waals surface area contributed by atoms with Crippen molar-refractivity contribution in [3.05, 3.63) is 46.5 Å². The van der Waals surface area contributed by atoms with Crippen LogP contribution in [-0.4, -0.2) is 27.1 Å². The molecule has 2 amide bonds. The van der Waals surface area contributed by atoms with Gasteiger partial charge in [0, 0.05) is 10.7 Å². The van der Waals surface area contributed by atoms with Gasteiger partial charge in [0.25, 0.3) is 0 Å². The Morgan fingerprint density at radius 2 is 2.20 bits per heavy atom. The number of aromatic amines is 1. The molecule has 0 aliphatic rings. The number of hydrogen-bond acceptors (Lipinski definition) is 3. The van der Waals surface area contributed by atoms with E-state index in [0.717, 1.165) is 5.69 Å². The van der Waals surface area contributed by atoms with Crippen LogP contribution >= 0.6 is 15.9 Å². The Kier molecular flexibility index (Phi) is 4.36. The van der Waals surface area contributed by atoms with Gasteiger partial charge in [-0.25, -0.2) is 14.6 Å². The molecule has 1 heterocycles. The topological polar surface area (TPSA) is 107 Å². The number of nitrogens with zero attached hydrogens (tertiary/aromatic N) is 1. The predicted molar refractivity (Wildman–Crippen MR) is 75.5 cm³/mol. The van der Waals surface area contributed by atoms with Gasteiger partial charge in [-0.1, -0.05) is 15.9 Å². The molecule has 0 bridgehead atoms. The summed E-state index contributed by atoms with van der Waals surface area (Å²) in [4.78, 5) is 29.4. The fraction of sp³-hybridized carbons (Fsp3) is 0.0833. The Morgan fingerprint density at radius 3 is 2.85 bits per heavy atom. The van der Waals surface area contributed by atoms with Crippen molar-refractivity contribution in [2.75, 3.05) is 5.32 Å². The first-order chi connectivity index (χ1) is 9.56. The number of urea groups is 1. The highest BCUT2D eigenvalue weighted by Crippen LogP contribution is 2.21. The summed E-state index contributed by atoms with van der Waals surface area (Å²) in [6.45, 7) is 0.266. The molecule has 0 saturated heterocycles. The fourth-order valence-electron chi connectivity index (χ4n) is 1.53. The first kappa shape index (κ1) is 14.1. The van der Waals surface area contributed by atoms with Gasteiger partial charge in [0.1, 0.15) is 0 Å². The highest BCUT2D eigenvalue weighted by molar-refractivity contribution is 9.10. The molecule has 0 atom stereocenters. The SMILES string of the molecule is O=C(NCc1cnc[nH]1)Nc1cc(Br)ccc1C(=O)O. The lowest BCUT2D eigenvalue weighted by Gasteiger charge is -2.09. The summed E-state index contributed by atoms with van der Waals surface area (Å²) in [6, 6.07) is 4.04. The van der Waals surface area contributed by atoms with Gasteiger partial charge in [0.05, 0.1) is 29.8 Å². The summed E-state index contributed by atoms with van der Waals surface area (Å²) in [5.74, 6) is -1.11. The Hall–Kier alpha value is -2.35. The molecule has 0 unspecified atom stereocenters. The highest BCUT2D eigenvalue weighted by Gasteiger charge is 2.12. The van der Waals surface area contributed by atoms with Gasteiger partial charge in [-0.3, -0.25) is 0 Å². The van der Waals surface area contributed by atoms with Gasteiger partial charge in [0.2, 0.25) is 0 Å². The molecule has 1 aromatic heterocycles. The summed E-state index contributed by atoms with van der Waals surface area (Å²) >= 11 is 3.23. The van der Waals surface area contributed by atoms with Crippen LogP contribution in [0.5, 0.6) is 0 Å². The molecular weight excluding hydrogens is 328 g/mol. The summed E-state index contributed by atoms with van der Waals surface area (Å²) in [5, 5.41) is 14.1. The third-order valence-corrected chi connectivity index (χ3v) is 2.95. The minimum absolute atomic E-state index is 0.0184. The largest absolute Gasteiger partial charge is 0.478 e. The molecule has 0 aliphatic heterocycles. The number of carbonyl (C=O) groups excluding carboxylic acids is 1. The van der Waals surface area contributed by atoms with E-state index in [2.05, 4.69) is 36.5 Å². The van der Waals surface area contributed by atoms with E-state index in [9.17, 15) is 9.59 Å². The van der Waals surface area contributed by atoms with Crippen molar-refractivity contribution in [2.24, 2.45) is 0 Å². The second kappa shape index (κ2) is 6.20. The van der Waals surface area contributed by atoms with Crippen molar-refractivity contribution in [2.45, 2.75) is 6.54 Å². The average Bonchev–Trinajstić information content (AvgIpc) is 2.89. The third kappa shape index (κ3) is 3.58. The van der Waals surface area contributed by atoms with E-state index < -0.39 is 12.0 Å². The number of anilines is 1. The second-order valence-electron chi connectivity index (χ2n) is 3.88. The number of carbonyl (C=O) groups is 2. The zero-order valence-electron chi connectivity index (χ0n) is 10.2. The van der Waals surface area contributed by atoms with Crippen LogP contribution in [0.2, 0.25) is 0 Å². The van der Waals surface area contributed by atoms with Crippen molar-refractivity contribution in [1.82, 2.24) is 15.3 Å². The highest BCUT2D eigenvalue weighted by atomic mass is 79.9. The number of benzene rings is 1. The Morgan fingerprint density at radius 1 is 1.40 bits per heavy atom. The first-order valence-corrected chi connectivity index (χ1v) is 6.40. The van der Waals surface area contributed by atoms with Gasteiger partial charge >= 0.3 is 12.0 Å². The number of carboxylic acids is 1. The molecule has 0 fully saturated rings. The number of aromatic nitrogens is 2. The average molecular weight is 339 g/mol. The van der Waals surface area contributed by atoms with Crippen molar-refractivity contribution < 1.29 is 14.7 Å². The van der Waals surface area contributed by atoms with Crippen molar-refractivity contribution in [3.8, 4) is 0 Å². The second-order valence-corrected chi connectivity index (χ2v) is 4.80. The molecule has 8 heteroatoms. The number of hydrogen-bond donors (Lipinski definition) is 4. The molecule has 20 heavy (non-hydrogen) atoms. The van der Waals surface area contributed by atoms with E-state index in [1.807, 2.05) is 0 Å². The van der Waals surface area contributed by atoms with Crippen LogP contribution in [0, 0.1) is 0 Å². The standard InChI is InChI=1S/C12H11BrN4O3/c13-7-1-2-9(11(18)19)10(3-7)17-12(20)15-5-8-4-14-6-16-8/h1-4,6H,5H2,(H,14,16)(H,18,19)(H2,15,17,20). The molecule has 7 nitrogen and oxygen atoms in total. The van der Waals surface area contributed by atoms with Crippen LogP contribution in [0.15, 0.2) is 35.2 Å². The monoisotopic (exact) mass is 338 g/mol. The maximum absolute atomic E-state index is 11.7. The first-order valence-electron chi connectivity index (χ1n) is 5.61.